The quantitative estimate of drug-likeness (QED) is 0.272. The molecule has 1 fully saturated rings. The molecule has 2 aromatic rings. The molecule has 1 saturated heterocycles. The van der Waals surface area contributed by atoms with Crippen molar-refractivity contribution < 1.29 is 70.9 Å². The van der Waals surface area contributed by atoms with Gasteiger partial charge in [0.2, 0.25) is 11.8 Å². The summed E-state index contributed by atoms with van der Waals surface area (Å²) in [6.07, 6.45) is 5.07. The Bertz CT molecular complexity index is 1640. The van der Waals surface area contributed by atoms with Crippen LogP contribution in [0.3, 0.4) is 0 Å². The highest BCUT2D eigenvalue weighted by Crippen LogP contribution is 2.38. The number of ether oxygens (including phenoxy) is 4. The number of hydrogen-bond donors (Lipinski definition) is 3. The van der Waals surface area contributed by atoms with Gasteiger partial charge in [0.05, 0.1) is 37.8 Å². The maximum atomic E-state index is 13.7. The molecule has 5 rings (SSSR count). The van der Waals surface area contributed by atoms with E-state index in [0.717, 1.165) is 5.75 Å². The summed E-state index contributed by atoms with van der Waals surface area (Å²) >= 11 is 0. The van der Waals surface area contributed by atoms with Gasteiger partial charge < -0.3 is 63.8 Å². The number of nitrogens with one attached hydrogen (secondary N) is 3. The minimum Gasteiger partial charge on any atom is -1.00 e. The van der Waals surface area contributed by atoms with E-state index < -0.39 is 35.5 Å². The van der Waals surface area contributed by atoms with Crippen molar-refractivity contribution in [3.63, 3.8) is 0 Å². The van der Waals surface area contributed by atoms with Crippen LogP contribution in [0.4, 0.5) is 18.4 Å². The fourth-order valence-corrected chi connectivity index (χ4v) is 6.83. The van der Waals surface area contributed by atoms with E-state index in [9.17, 15) is 28.0 Å². The Morgan fingerprint density at radius 2 is 1.39 bits per heavy atom. The maximum Gasteiger partial charge on any atom is 0.408 e. The zero-order valence-electron chi connectivity index (χ0n) is 32.2. The minimum absolute atomic E-state index is 0. The van der Waals surface area contributed by atoms with E-state index in [4.69, 9.17) is 18.9 Å². The van der Waals surface area contributed by atoms with Crippen LogP contribution < -0.4 is 49.4 Å². The van der Waals surface area contributed by atoms with Crippen molar-refractivity contribution in [2.24, 2.45) is 0 Å². The molecule has 0 saturated carbocycles. The van der Waals surface area contributed by atoms with Crippen molar-refractivity contribution in [2.75, 3.05) is 38.0 Å². The minimum atomic E-state index is -0.718. The molecule has 0 aliphatic carbocycles. The second-order valence-electron chi connectivity index (χ2n) is 15.4. The normalized spacial score (nSPS) is 19.6. The molecule has 3 aliphatic rings. The number of nitrogens with zero attached hydrogens (tertiary/aromatic N) is 1. The first-order chi connectivity index (χ1) is 24.8. The molecule has 3 aliphatic heterocycles. The Morgan fingerprint density at radius 1 is 0.833 bits per heavy atom. The summed E-state index contributed by atoms with van der Waals surface area (Å²) < 4.78 is 48.9. The molecule has 0 bridgehead atoms. The maximum absolute atomic E-state index is 13.7. The van der Waals surface area contributed by atoms with Gasteiger partial charge in [-0.1, -0.05) is 0 Å². The lowest BCUT2D eigenvalue weighted by Gasteiger charge is -2.33. The van der Waals surface area contributed by atoms with Crippen LogP contribution in [0.5, 0.6) is 11.5 Å². The molecule has 0 radical (unpaired) electrons. The number of hydrogen-bond acceptors (Lipinski definition) is 8. The fraction of sp³-hybridized carbons (Fsp3) is 0.579. The lowest BCUT2D eigenvalue weighted by Crippen LogP contribution is -3.00. The predicted molar refractivity (Wildman–Crippen MR) is 198 cm³/mol. The average molecular weight is 891 g/mol. The van der Waals surface area contributed by atoms with E-state index in [-0.39, 0.29) is 70.4 Å². The topological polar surface area (TPSA) is 145 Å². The number of amides is 4. The van der Waals surface area contributed by atoms with E-state index in [1.807, 2.05) is 0 Å². The van der Waals surface area contributed by atoms with Crippen LogP contribution in [0.1, 0.15) is 90.4 Å². The number of alkyl carbamates (subject to hydrolysis) is 2. The van der Waals surface area contributed by atoms with Gasteiger partial charge in [-0.15, -0.1) is 0 Å². The fourth-order valence-electron chi connectivity index (χ4n) is 6.13. The van der Waals surface area contributed by atoms with E-state index >= 15 is 0 Å². The third kappa shape index (κ3) is 13.3. The summed E-state index contributed by atoms with van der Waals surface area (Å²) in [6, 6.07) is 6.70. The standard InChI is InChI=1S/C20H29FN2O4S.C18H23FN2O4.HI/c1-20(2,3)27-19(25)23-16(9-11-28(4)5)18(24)22-15-8-10-26-17-7-6-13(21)12-14(15)17;1-18(2,3)25-17(23)20-13-6-8-21(16(13)22)14-7-9-24-15-5-4-11(19)10-12(14)15;/h6-7,12,15-16H,8-11H2,1-5H3,(H-,22,23,24,25);4-5,10,13-14H,6-9H2,1-3H3,(H,20,23);1H/t15-,16+;13-,14+;/m10./s1. The molecule has 3 N–H and O–H groups in total. The largest absolute Gasteiger partial charge is 1.00 e. The van der Waals surface area contributed by atoms with Gasteiger partial charge in [-0.05, 0) is 95.3 Å². The molecule has 0 spiro atoms. The summed E-state index contributed by atoms with van der Waals surface area (Å²) in [5, 5.41) is 8.25. The summed E-state index contributed by atoms with van der Waals surface area (Å²) in [6.45, 7) is 12.0. The van der Waals surface area contributed by atoms with Gasteiger partial charge in [0.1, 0.15) is 52.2 Å². The Labute approximate surface area is 336 Å². The molecule has 2 aromatic carbocycles. The number of likely N-dealkylation sites (tertiary alicyclic amines) is 1. The summed E-state index contributed by atoms with van der Waals surface area (Å²) in [5.74, 6) is 0.753. The number of rotatable bonds is 8. The molecule has 0 unspecified atom stereocenters. The molecule has 3 heterocycles. The zero-order chi connectivity index (χ0) is 39.1. The molecule has 4 atom stereocenters. The third-order valence-electron chi connectivity index (χ3n) is 8.44. The van der Waals surface area contributed by atoms with Crippen molar-refractivity contribution in [2.45, 2.75) is 103 Å². The Balaban J connectivity index is 0.000000286. The second kappa shape index (κ2) is 19.4. The predicted octanol–water partition coefficient (Wildman–Crippen LogP) is 2.71. The smallest absolute Gasteiger partial charge is 0.408 e. The first-order valence-electron chi connectivity index (χ1n) is 17.8. The molecule has 54 heavy (non-hydrogen) atoms. The molecule has 300 valence electrons. The number of halogens is 3. The van der Waals surface area contributed by atoms with E-state index in [1.165, 1.54) is 24.3 Å². The summed E-state index contributed by atoms with van der Waals surface area (Å²) in [4.78, 5) is 51.4. The summed E-state index contributed by atoms with van der Waals surface area (Å²) in [7, 11) is 0.126. The van der Waals surface area contributed by atoms with Crippen LogP contribution in [-0.4, -0.2) is 90.2 Å². The van der Waals surface area contributed by atoms with Gasteiger partial charge in [0, 0.05) is 36.9 Å². The summed E-state index contributed by atoms with van der Waals surface area (Å²) in [5.41, 5.74) is 0.0175. The van der Waals surface area contributed by atoms with Crippen molar-refractivity contribution in [1.82, 2.24) is 20.9 Å². The van der Waals surface area contributed by atoms with Crippen LogP contribution in [0.15, 0.2) is 36.4 Å². The van der Waals surface area contributed by atoms with Crippen molar-refractivity contribution in [3.05, 3.63) is 59.2 Å². The van der Waals surface area contributed by atoms with Gasteiger partial charge in [-0.3, -0.25) is 9.59 Å². The van der Waals surface area contributed by atoms with Crippen LogP contribution >= 0.6 is 0 Å². The Kier molecular flexibility index (Phi) is 16.1. The first kappa shape index (κ1) is 44.9. The molecular formula is C38H53F2IN4O8S. The van der Waals surface area contributed by atoms with Gasteiger partial charge in [-0.2, -0.15) is 0 Å². The number of benzene rings is 2. The molecule has 12 nitrogen and oxygen atoms in total. The SMILES string of the molecule is CC(C)(C)OC(=O)N[C@H]1CCN([C@@H]2CCOc3ccc(F)cc32)C1=O.C[S+](C)CC[C@H](NC(=O)OC(C)(C)C)C(=O)N[C@@H]1CCOc2ccc(F)cc21.[I-]. The molecule has 0 aromatic heterocycles. The van der Waals surface area contributed by atoms with Gasteiger partial charge >= 0.3 is 12.2 Å². The van der Waals surface area contributed by atoms with Crippen molar-refractivity contribution in [3.8, 4) is 11.5 Å². The van der Waals surface area contributed by atoms with Crippen LogP contribution in [0, 0.1) is 11.6 Å². The zero-order valence-corrected chi connectivity index (χ0v) is 35.2. The Morgan fingerprint density at radius 3 is 1.98 bits per heavy atom. The van der Waals surface area contributed by atoms with Crippen molar-refractivity contribution in [1.29, 1.82) is 0 Å². The number of carbonyl (C=O) groups is 4. The first-order valence-corrected chi connectivity index (χ1v) is 20.0. The molecule has 4 amide bonds. The average Bonchev–Trinajstić information content (AvgIpc) is 3.40. The molecule has 16 heteroatoms. The van der Waals surface area contributed by atoms with E-state index in [2.05, 4.69) is 28.5 Å². The van der Waals surface area contributed by atoms with Gasteiger partial charge in [-0.25, -0.2) is 18.4 Å². The van der Waals surface area contributed by atoms with Gasteiger partial charge in [0.25, 0.3) is 0 Å². The van der Waals surface area contributed by atoms with Crippen molar-refractivity contribution >= 4 is 34.9 Å². The van der Waals surface area contributed by atoms with Crippen LogP contribution in [0.25, 0.3) is 0 Å². The number of carbonyl (C=O) groups excluding carboxylic acids is 4. The molecular weight excluding hydrogens is 837 g/mol. The van der Waals surface area contributed by atoms with E-state index in [0.29, 0.717) is 68.1 Å². The lowest BCUT2D eigenvalue weighted by molar-refractivity contribution is -0.132. The lowest BCUT2D eigenvalue weighted by atomic mass is 9.99. The van der Waals surface area contributed by atoms with Crippen LogP contribution in [-0.2, 0) is 30.0 Å². The van der Waals surface area contributed by atoms with Gasteiger partial charge in [0.15, 0.2) is 0 Å². The van der Waals surface area contributed by atoms with E-state index in [1.54, 1.807) is 58.6 Å². The third-order valence-corrected chi connectivity index (χ3v) is 9.49. The highest BCUT2D eigenvalue weighted by Gasteiger charge is 2.40. The van der Waals surface area contributed by atoms with Crippen LogP contribution in [0.2, 0.25) is 0 Å². The number of fused-ring (bicyclic) bond motifs is 2. The Hall–Kier alpha value is -3.54. The second-order valence-corrected chi connectivity index (χ2v) is 17.8. The highest BCUT2D eigenvalue weighted by atomic mass is 127. The monoisotopic (exact) mass is 890 g/mol. The highest BCUT2D eigenvalue weighted by molar-refractivity contribution is 7.95.